The highest BCUT2D eigenvalue weighted by atomic mass is 35.5. The Bertz CT molecular complexity index is 1340. The number of aromatic hydroxyl groups is 1. The Hall–Kier alpha value is -3.70. The molecule has 5 nitrogen and oxygen atoms in total. The fourth-order valence-electron chi connectivity index (χ4n) is 4.34. The average molecular weight is 470 g/mol. The van der Waals surface area contributed by atoms with Crippen LogP contribution < -0.4 is 5.32 Å². The number of hydrogen-bond donors (Lipinski definition) is 2. The monoisotopic (exact) mass is 469 g/mol. The molecule has 1 heterocycles. The van der Waals surface area contributed by atoms with Crippen LogP contribution in [-0.2, 0) is 30.5 Å². The SMILES string of the molecule is O=C(Cc1ccc(Cl)cc1)Nc1nc2c(nc1Cc1ccccc1)-c1ccc(O)cc1CCC2. The summed E-state index contributed by atoms with van der Waals surface area (Å²) in [5.74, 6) is 0.611. The average Bonchev–Trinajstić information content (AvgIpc) is 3.00. The molecule has 1 aliphatic rings. The molecular formula is C28H24ClN3O2. The third kappa shape index (κ3) is 4.95. The van der Waals surface area contributed by atoms with Gasteiger partial charge in [0.2, 0.25) is 5.91 Å². The van der Waals surface area contributed by atoms with Gasteiger partial charge in [-0.1, -0.05) is 54.1 Å². The Morgan fingerprint density at radius 1 is 0.941 bits per heavy atom. The van der Waals surface area contributed by atoms with Gasteiger partial charge in [0.15, 0.2) is 5.82 Å². The highest BCUT2D eigenvalue weighted by Crippen LogP contribution is 2.34. The third-order valence-corrected chi connectivity index (χ3v) is 6.25. The van der Waals surface area contributed by atoms with Crippen molar-refractivity contribution < 1.29 is 9.90 Å². The summed E-state index contributed by atoms with van der Waals surface area (Å²) < 4.78 is 0. The van der Waals surface area contributed by atoms with Gasteiger partial charge in [0.1, 0.15) is 5.75 Å². The zero-order valence-corrected chi connectivity index (χ0v) is 19.3. The largest absolute Gasteiger partial charge is 0.508 e. The molecular weight excluding hydrogens is 446 g/mol. The van der Waals surface area contributed by atoms with Crippen LogP contribution in [0.5, 0.6) is 5.75 Å². The van der Waals surface area contributed by atoms with Crippen LogP contribution in [0, 0.1) is 0 Å². The number of nitrogens with one attached hydrogen (secondary N) is 1. The fraction of sp³-hybridized carbons (Fsp3) is 0.179. The molecule has 0 atom stereocenters. The summed E-state index contributed by atoms with van der Waals surface area (Å²) in [7, 11) is 0. The number of phenols is 1. The molecule has 0 unspecified atom stereocenters. The quantitative estimate of drug-likeness (QED) is 0.389. The summed E-state index contributed by atoms with van der Waals surface area (Å²) in [4.78, 5) is 22.8. The van der Waals surface area contributed by atoms with Crippen molar-refractivity contribution in [3.8, 4) is 17.0 Å². The Morgan fingerprint density at radius 2 is 1.74 bits per heavy atom. The lowest BCUT2D eigenvalue weighted by molar-refractivity contribution is -0.115. The molecule has 0 spiro atoms. The first-order valence-corrected chi connectivity index (χ1v) is 11.7. The predicted octanol–water partition coefficient (Wildman–Crippen LogP) is 5.76. The first-order chi connectivity index (χ1) is 16.5. The summed E-state index contributed by atoms with van der Waals surface area (Å²) in [6.07, 6.45) is 3.26. The van der Waals surface area contributed by atoms with Gasteiger partial charge >= 0.3 is 0 Å². The molecule has 4 aromatic rings. The fourth-order valence-corrected chi connectivity index (χ4v) is 4.46. The minimum Gasteiger partial charge on any atom is -0.508 e. The van der Waals surface area contributed by atoms with E-state index in [9.17, 15) is 9.90 Å². The number of halogens is 1. The highest BCUT2D eigenvalue weighted by molar-refractivity contribution is 6.30. The Labute approximate surface area is 203 Å². The van der Waals surface area contributed by atoms with Crippen molar-refractivity contribution in [3.05, 3.63) is 106 Å². The number of carbonyl (C=O) groups is 1. The summed E-state index contributed by atoms with van der Waals surface area (Å²) in [6, 6.07) is 22.7. The lowest BCUT2D eigenvalue weighted by atomic mass is 10.0. The number of hydrogen-bond acceptors (Lipinski definition) is 4. The number of anilines is 1. The van der Waals surface area contributed by atoms with Crippen molar-refractivity contribution >= 4 is 23.3 Å². The second-order valence-corrected chi connectivity index (χ2v) is 8.96. The number of fused-ring (bicyclic) bond motifs is 3. The number of carbonyl (C=O) groups excluding carboxylic acids is 1. The maximum absolute atomic E-state index is 12.9. The van der Waals surface area contributed by atoms with Crippen molar-refractivity contribution in [2.75, 3.05) is 5.32 Å². The van der Waals surface area contributed by atoms with E-state index in [-0.39, 0.29) is 18.1 Å². The topological polar surface area (TPSA) is 75.1 Å². The zero-order chi connectivity index (χ0) is 23.5. The number of amides is 1. The Balaban J connectivity index is 1.52. The number of phenolic OH excluding ortho intramolecular Hbond substituents is 1. The zero-order valence-electron chi connectivity index (χ0n) is 18.6. The summed E-state index contributed by atoms with van der Waals surface area (Å²) in [5, 5.41) is 13.6. The molecule has 0 aliphatic heterocycles. The maximum atomic E-state index is 12.9. The van der Waals surface area contributed by atoms with E-state index in [4.69, 9.17) is 21.6 Å². The number of rotatable bonds is 5. The van der Waals surface area contributed by atoms with Crippen LogP contribution in [0.3, 0.4) is 0 Å². The molecule has 0 saturated carbocycles. The van der Waals surface area contributed by atoms with E-state index >= 15 is 0 Å². The minimum atomic E-state index is -0.148. The van der Waals surface area contributed by atoms with Gasteiger partial charge in [0, 0.05) is 17.0 Å². The first-order valence-electron chi connectivity index (χ1n) is 11.4. The van der Waals surface area contributed by atoms with E-state index in [0.717, 1.165) is 58.6 Å². The van der Waals surface area contributed by atoms with E-state index < -0.39 is 0 Å². The standard InChI is InChI=1S/C28H24ClN3O2/c29-21-11-9-19(10-12-21)16-26(34)32-28-25(15-18-5-2-1-3-6-18)30-27-23-14-13-22(33)17-20(23)7-4-8-24(27)31-28/h1-3,5-6,9-14,17,33H,4,7-8,15-16H2,(H,31,32,34). The van der Waals surface area contributed by atoms with Gasteiger partial charge in [-0.3, -0.25) is 4.79 Å². The van der Waals surface area contributed by atoms with E-state index in [1.54, 1.807) is 18.2 Å². The van der Waals surface area contributed by atoms with Gasteiger partial charge in [0.25, 0.3) is 0 Å². The van der Waals surface area contributed by atoms with Crippen molar-refractivity contribution in [2.45, 2.75) is 32.1 Å². The second kappa shape index (κ2) is 9.65. The normalized spacial score (nSPS) is 12.4. The molecule has 170 valence electrons. The van der Waals surface area contributed by atoms with Crippen LogP contribution in [0.4, 0.5) is 5.82 Å². The highest BCUT2D eigenvalue weighted by Gasteiger charge is 2.22. The van der Waals surface area contributed by atoms with Crippen LogP contribution in [-0.4, -0.2) is 21.0 Å². The van der Waals surface area contributed by atoms with E-state index in [1.165, 1.54) is 0 Å². The molecule has 0 bridgehead atoms. The molecule has 1 aliphatic carbocycles. The van der Waals surface area contributed by atoms with Crippen LogP contribution in [0.25, 0.3) is 11.3 Å². The van der Waals surface area contributed by atoms with Crippen LogP contribution in [0.1, 0.15) is 34.5 Å². The third-order valence-electron chi connectivity index (χ3n) is 5.99. The molecule has 0 fully saturated rings. The van der Waals surface area contributed by atoms with Crippen molar-refractivity contribution in [1.82, 2.24) is 9.97 Å². The number of aryl methyl sites for hydroxylation is 2. The first kappa shape index (κ1) is 22.1. The van der Waals surface area contributed by atoms with E-state index in [2.05, 4.69) is 5.32 Å². The minimum absolute atomic E-state index is 0.148. The van der Waals surface area contributed by atoms with E-state index in [1.807, 2.05) is 54.6 Å². The Morgan fingerprint density at radius 3 is 2.53 bits per heavy atom. The lowest BCUT2D eigenvalue weighted by Crippen LogP contribution is -2.18. The summed E-state index contributed by atoms with van der Waals surface area (Å²) >= 11 is 5.97. The molecule has 0 radical (unpaired) electrons. The van der Waals surface area contributed by atoms with Crippen molar-refractivity contribution in [1.29, 1.82) is 0 Å². The molecule has 2 N–H and O–H groups in total. The molecule has 6 heteroatoms. The Kier molecular flexibility index (Phi) is 6.28. The summed E-state index contributed by atoms with van der Waals surface area (Å²) in [6.45, 7) is 0. The number of aromatic nitrogens is 2. The molecule has 0 saturated heterocycles. The molecule has 34 heavy (non-hydrogen) atoms. The van der Waals surface area contributed by atoms with Crippen molar-refractivity contribution in [2.24, 2.45) is 0 Å². The van der Waals surface area contributed by atoms with Gasteiger partial charge in [0.05, 0.1) is 23.5 Å². The molecule has 5 rings (SSSR count). The predicted molar refractivity (Wildman–Crippen MR) is 134 cm³/mol. The smallest absolute Gasteiger partial charge is 0.229 e. The number of nitrogens with zero attached hydrogens (tertiary/aromatic N) is 2. The van der Waals surface area contributed by atoms with Gasteiger partial charge in [-0.2, -0.15) is 0 Å². The van der Waals surface area contributed by atoms with Crippen molar-refractivity contribution in [3.63, 3.8) is 0 Å². The van der Waals surface area contributed by atoms with Crippen LogP contribution in [0.2, 0.25) is 5.02 Å². The summed E-state index contributed by atoms with van der Waals surface area (Å²) in [5.41, 5.74) is 6.43. The number of benzene rings is 3. The molecule has 1 aromatic heterocycles. The van der Waals surface area contributed by atoms with Gasteiger partial charge in [-0.25, -0.2) is 9.97 Å². The second-order valence-electron chi connectivity index (χ2n) is 8.52. The maximum Gasteiger partial charge on any atom is 0.229 e. The van der Waals surface area contributed by atoms with Crippen LogP contribution in [0.15, 0.2) is 72.8 Å². The van der Waals surface area contributed by atoms with Gasteiger partial charge in [-0.05, 0) is 66.3 Å². The van der Waals surface area contributed by atoms with Gasteiger partial charge in [-0.15, -0.1) is 0 Å². The van der Waals surface area contributed by atoms with Crippen LogP contribution >= 0.6 is 11.6 Å². The van der Waals surface area contributed by atoms with E-state index in [0.29, 0.717) is 17.3 Å². The molecule has 3 aromatic carbocycles. The molecule has 1 amide bonds. The lowest BCUT2D eigenvalue weighted by Gasteiger charge is -2.15. The van der Waals surface area contributed by atoms with Gasteiger partial charge < -0.3 is 10.4 Å².